The van der Waals surface area contributed by atoms with Crippen LogP contribution in [0.25, 0.3) is 21.4 Å². The number of rotatable bonds is 5. The molecule has 0 spiro atoms. The number of thiazole rings is 1. The molecule has 0 saturated heterocycles. The van der Waals surface area contributed by atoms with Crippen LogP contribution < -0.4 is 4.90 Å². The van der Waals surface area contributed by atoms with Crippen LogP contribution in [0.15, 0.2) is 136 Å². The van der Waals surface area contributed by atoms with Crippen LogP contribution >= 0.6 is 23.1 Å². The number of para-hydroxylation sites is 3. The minimum atomic E-state index is -0.246. The van der Waals surface area contributed by atoms with E-state index < -0.39 is 0 Å². The Morgan fingerprint density at radius 1 is 0.959 bits per heavy atom. The number of fused-ring (bicyclic) bond motifs is 3. The summed E-state index contributed by atoms with van der Waals surface area (Å²) in [6.45, 7) is 4.57. The Hall–Kier alpha value is -4.94. The highest BCUT2D eigenvalue weighted by molar-refractivity contribution is 8.04. The summed E-state index contributed by atoms with van der Waals surface area (Å²) in [6, 6.07) is 36.1. The molecule has 0 saturated carbocycles. The van der Waals surface area contributed by atoms with Crippen molar-refractivity contribution in [2.75, 3.05) is 4.90 Å². The Labute approximate surface area is 299 Å². The smallest absolute Gasteiger partial charge is 0.147 e. The van der Waals surface area contributed by atoms with E-state index in [-0.39, 0.29) is 10.7 Å². The van der Waals surface area contributed by atoms with Crippen LogP contribution in [-0.4, -0.2) is 21.7 Å². The normalized spacial score (nSPS) is 19.2. The maximum absolute atomic E-state index is 10.00. The zero-order valence-electron chi connectivity index (χ0n) is 26.9. The van der Waals surface area contributed by atoms with Gasteiger partial charge in [0.25, 0.3) is 0 Å². The number of allylic oxidation sites excluding steroid dienone is 6. The van der Waals surface area contributed by atoms with E-state index in [0.29, 0.717) is 17.0 Å². The summed E-state index contributed by atoms with van der Waals surface area (Å²) in [7, 11) is 0. The van der Waals surface area contributed by atoms with Gasteiger partial charge >= 0.3 is 0 Å². The van der Waals surface area contributed by atoms with Gasteiger partial charge in [-0.1, -0.05) is 91.1 Å². The first-order valence-electron chi connectivity index (χ1n) is 16.1. The van der Waals surface area contributed by atoms with Crippen molar-refractivity contribution in [1.29, 1.82) is 10.7 Å². The van der Waals surface area contributed by atoms with E-state index in [4.69, 9.17) is 4.98 Å². The van der Waals surface area contributed by atoms with Crippen molar-refractivity contribution in [3.8, 4) is 6.07 Å². The first-order valence-corrected chi connectivity index (χ1v) is 18.2. The Morgan fingerprint density at radius 2 is 1.69 bits per heavy atom. The Kier molecular flexibility index (Phi) is 7.99. The molecule has 0 fully saturated rings. The Balaban J connectivity index is 1.11. The van der Waals surface area contributed by atoms with E-state index in [0.717, 1.165) is 54.6 Å². The molecular formula is C41H32N5S3+. The van der Waals surface area contributed by atoms with Gasteiger partial charge in [0, 0.05) is 32.4 Å². The van der Waals surface area contributed by atoms with E-state index in [2.05, 4.69) is 121 Å². The van der Waals surface area contributed by atoms with Crippen LogP contribution in [-0.2, 0) is 18.2 Å². The fourth-order valence-electron chi connectivity index (χ4n) is 6.96. The van der Waals surface area contributed by atoms with E-state index in [1.165, 1.54) is 16.8 Å². The molecule has 8 heteroatoms. The van der Waals surface area contributed by atoms with E-state index >= 15 is 0 Å². The SMILES string of the molecule is CC1(C)c2ccccc2N(c2ccccc2)c2ccc(C3=CC=C(C4=CCC(/C=C(\C#N)c5nc6ccccc6s5)S4)C(=N)C3=N[SH2+])cc21. The van der Waals surface area contributed by atoms with Gasteiger partial charge in [-0.3, -0.25) is 5.41 Å². The lowest BCUT2D eigenvalue weighted by Crippen LogP contribution is -2.31. The quantitative estimate of drug-likeness (QED) is 0.113. The predicted molar refractivity (Wildman–Crippen MR) is 212 cm³/mol. The maximum atomic E-state index is 10.00. The second kappa shape index (κ2) is 12.5. The first-order chi connectivity index (χ1) is 23.9. The third-order valence-corrected chi connectivity index (χ3v) is 12.0. The van der Waals surface area contributed by atoms with Crippen molar-refractivity contribution in [3.05, 3.63) is 154 Å². The average Bonchev–Trinajstić information content (AvgIpc) is 3.78. The van der Waals surface area contributed by atoms with Crippen LogP contribution in [0.3, 0.4) is 0 Å². The van der Waals surface area contributed by atoms with Crippen LogP contribution in [0.4, 0.5) is 17.1 Å². The van der Waals surface area contributed by atoms with Crippen LogP contribution in [0, 0.1) is 16.7 Å². The summed E-state index contributed by atoms with van der Waals surface area (Å²) >= 11 is 6.65. The predicted octanol–water partition coefficient (Wildman–Crippen LogP) is 10.1. The number of hydrogen-bond acceptors (Lipinski definition) is 7. The van der Waals surface area contributed by atoms with Gasteiger partial charge in [-0.05, 0) is 71.7 Å². The van der Waals surface area contributed by atoms with Gasteiger partial charge in [-0.25, -0.2) is 4.98 Å². The number of nitrogens with zero attached hydrogens (tertiary/aromatic N) is 4. The number of thioether (sulfide) groups is 1. The van der Waals surface area contributed by atoms with Gasteiger partial charge in [0.2, 0.25) is 0 Å². The zero-order valence-corrected chi connectivity index (χ0v) is 29.6. The lowest BCUT2D eigenvalue weighted by Gasteiger charge is -2.42. The van der Waals surface area contributed by atoms with Crippen molar-refractivity contribution in [3.63, 3.8) is 0 Å². The number of hydrogen-bond donors (Lipinski definition) is 1. The first kappa shape index (κ1) is 31.3. The summed E-state index contributed by atoms with van der Waals surface area (Å²) in [5, 5.41) is 20.1. The lowest BCUT2D eigenvalue weighted by molar-refractivity contribution is 0.631. The summed E-state index contributed by atoms with van der Waals surface area (Å²) in [5.74, 6) is 0. The second-order valence-corrected chi connectivity index (χ2v) is 15.2. The monoisotopic (exact) mass is 690 g/mol. The number of nitriles is 1. The van der Waals surface area contributed by atoms with Crippen molar-refractivity contribution < 1.29 is 0 Å². The molecular weight excluding hydrogens is 659 g/mol. The van der Waals surface area contributed by atoms with Gasteiger partial charge in [-0.2, -0.15) is 5.26 Å². The van der Waals surface area contributed by atoms with Crippen molar-refractivity contribution >= 4 is 85.8 Å². The molecule has 1 unspecified atom stereocenters. The molecule has 0 bridgehead atoms. The zero-order chi connectivity index (χ0) is 33.7. The lowest BCUT2D eigenvalue weighted by atomic mass is 9.72. The summed E-state index contributed by atoms with van der Waals surface area (Å²) in [4.78, 5) is 8.07. The van der Waals surface area contributed by atoms with Gasteiger partial charge in [0.1, 0.15) is 16.8 Å². The number of benzene rings is 4. The highest BCUT2D eigenvalue weighted by Gasteiger charge is 2.38. The Bertz CT molecular complexity index is 2340. The Morgan fingerprint density at radius 3 is 2.49 bits per heavy atom. The van der Waals surface area contributed by atoms with Crippen molar-refractivity contribution in [1.82, 2.24) is 4.98 Å². The molecule has 0 radical (unpaired) electrons. The molecule has 4 aromatic carbocycles. The van der Waals surface area contributed by atoms with E-state index in [9.17, 15) is 10.7 Å². The average molecular weight is 691 g/mol. The molecule has 49 heavy (non-hydrogen) atoms. The largest absolute Gasteiger partial charge is 0.310 e. The molecule has 1 N–H and O–H groups in total. The molecule has 5 aromatic rings. The summed E-state index contributed by atoms with van der Waals surface area (Å²) in [5.41, 5.74) is 10.9. The molecule has 0 amide bonds. The molecule has 1 aliphatic carbocycles. The minimum absolute atomic E-state index is 0.0814. The molecule has 3 heterocycles. The fourth-order valence-corrected chi connectivity index (χ4v) is 9.34. The standard InChI is InChI=1S/C41H31N5S3/c1-41(2)31-12-6-8-14-34(31)46(27-10-4-3-5-11-27)35-20-16-25(23-32(35)41)29-18-19-30(38(43)39(29)45-47)36-21-17-28(48-36)22-26(24-42)40-44-33-13-7-9-15-37(33)49-40/h3-16,18-23,28,43,47H,17H2,1-2H3/p+1/b26-22+,43-38?,45-39?. The van der Waals surface area contributed by atoms with Gasteiger partial charge < -0.3 is 4.90 Å². The van der Waals surface area contributed by atoms with Gasteiger partial charge in [-0.15, -0.1) is 23.1 Å². The van der Waals surface area contributed by atoms with E-state index in [1.807, 2.05) is 42.5 Å². The fraction of sp³-hybridized carbons (Fsp3) is 0.122. The number of aromatic nitrogens is 1. The van der Waals surface area contributed by atoms with Gasteiger partial charge in [0.05, 0.1) is 45.7 Å². The summed E-state index contributed by atoms with van der Waals surface area (Å²) in [6.07, 6.45) is 9.08. The molecule has 1 atom stereocenters. The highest BCUT2D eigenvalue weighted by atomic mass is 32.2. The van der Waals surface area contributed by atoms with Crippen molar-refractivity contribution in [2.45, 2.75) is 30.9 Å². The van der Waals surface area contributed by atoms with Crippen molar-refractivity contribution in [2.24, 2.45) is 4.40 Å². The minimum Gasteiger partial charge on any atom is -0.310 e. The van der Waals surface area contributed by atoms with E-state index in [1.54, 1.807) is 23.1 Å². The third-order valence-electron chi connectivity index (χ3n) is 9.42. The van der Waals surface area contributed by atoms with Crippen LogP contribution in [0.2, 0.25) is 0 Å². The van der Waals surface area contributed by atoms with Gasteiger partial charge in [0.15, 0.2) is 0 Å². The molecule has 5 nitrogen and oxygen atoms in total. The second-order valence-electron chi connectivity index (χ2n) is 12.7. The van der Waals surface area contributed by atoms with Crippen LogP contribution in [0.5, 0.6) is 0 Å². The number of anilines is 3. The molecule has 2 aliphatic heterocycles. The third kappa shape index (κ3) is 5.39. The molecule has 3 aliphatic rings. The molecule has 8 rings (SSSR count). The molecule has 1 aromatic heterocycles. The topological polar surface area (TPSA) is 76.1 Å². The van der Waals surface area contributed by atoms with Crippen LogP contribution in [0.1, 0.15) is 42.0 Å². The maximum Gasteiger partial charge on any atom is 0.147 e. The highest BCUT2D eigenvalue weighted by Crippen LogP contribution is 2.52. The number of nitrogens with one attached hydrogen (secondary N) is 1. The molecule has 238 valence electrons. The summed E-state index contributed by atoms with van der Waals surface area (Å²) < 4.78 is 5.55.